The molecule has 0 aliphatic carbocycles. The van der Waals surface area contributed by atoms with Crippen LogP contribution in [0.4, 0.5) is 0 Å². The number of esters is 1. The van der Waals surface area contributed by atoms with Crippen molar-refractivity contribution in [1.29, 1.82) is 0 Å². The standard InChI is InChI=1S/C17H24O2Si/c1-15(11-7-6-10-14-20(2,3)4)19-17(18)16-12-8-5-9-13-16/h5,8-9,12-13,15H,6-7,11H2,1-4H3/t15-/m1/s1. The number of carbonyl (C=O) groups is 1. The van der Waals surface area contributed by atoms with E-state index in [4.69, 9.17) is 4.74 Å². The molecule has 2 nitrogen and oxygen atoms in total. The van der Waals surface area contributed by atoms with Gasteiger partial charge in [0.05, 0.1) is 11.7 Å². The summed E-state index contributed by atoms with van der Waals surface area (Å²) >= 11 is 0. The highest BCUT2D eigenvalue weighted by atomic mass is 28.3. The van der Waals surface area contributed by atoms with Gasteiger partial charge in [0.15, 0.2) is 0 Å². The molecule has 3 heteroatoms. The fourth-order valence-electron chi connectivity index (χ4n) is 1.69. The first-order chi connectivity index (χ1) is 9.38. The van der Waals surface area contributed by atoms with Crippen molar-refractivity contribution in [1.82, 2.24) is 0 Å². The summed E-state index contributed by atoms with van der Waals surface area (Å²) in [7, 11) is -1.25. The first kappa shape index (κ1) is 16.5. The van der Waals surface area contributed by atoms with Crippen molar-refractivity contribution in [2.45, 2.75) is 51.9 Å². The fourth-order valence-corrected chi connectivity index (χ4v) is 2.34. The zero-order valence-corrected chi connectivity index (χ0v) is 13.9. The van der Waals surface area contributed by atoms with Crippen molar-refractivity contribution in [2.24, 2.45) is 0 Å². The third-order valence-electron chi connectivity index (χ3n) is 2.69. The van der Waals surface area contributed by atoms with Crippen molar-refractivity contribution in [3.05, 3.63) is 35.9 Å². The number of ether oxygens (including phenoxy) is 1. The van der Waals surface area contributed by atoms with Crippen molar-refractivity contribution < 1.29 is 9.53 Å². The minimum atomic E-state index is -1.25. The molecule has 0 saturated carbocycles. The second-order valence-corrected chi connectivity index (χ2v) is 10.8. The van der Waals surface area contributed by atoms with Gasteiger partial charge in [-0.1, -0.05) is 37.8 Å². The molecule has 0 aromatic heterocycles. The molecule has 0 bridgehead atoms. The summed E-state index contributed by atoms with van der Waals surface area (Å²) in [5.74, 6) is 2.99. The lowest BCUT2D eigenvalue weighted by Crippen LogP contribution is -2.16. The van der Waals surface area contributed by atoms with E-state index in [1.54, 1.807) is 12.1 Å². The maximum Gasteiger partial charge on any atom is 0.338 e. The number of benzene rings is 1. The van der Waals surface area contributed by atoms with Gasteiger partial charge in [-0.2, -0.15) is 0 Å². The van der Waals surface area contributed by atoms with E-state index in [1.165, 1.54) is 0 Å². The van der Waals surface area contributed by atoms with Gasteiger partial charge in [-0.15, -0.1) is 11.5 Å². The zero-order chi connectivity index (χ0) is 15.0. The SMILES string of the molecule is C[C@H](CCCC#C[Si](C)(C)C)OC(=O)c1ccccc1. The second-order valence-electron chi connectivity index (χ2n) is 6.03. The Labute approximate surface area is 123 Å². The maximum atomic E-state index is 11.8. The van der Waals surface area contributed by atoms with E-state index in [1.807, 2.05) is 25.1 Å². The minimum absolute atomic E-state index is 0.0589. The largest absolute Gasteiger partial charge is 0.459 e. The quantitative estimate of drug-likeness (QED) is 0.350. The molecule has 0 aliphatic rings. The summed E-state index contributed by atoms with van der Waals surface area (Å²) < 4.78 is 5.41. The Balaban J connectivity index is 2.28. The van der Waals surface area contributed by atoms with E-state index in [-0.39, 0.29) is 12.1 Å². The highest BCUT2D eigenvalue weighted by molar-refractivity contribution is 6.83. The molecule has 0 radical (unpaired) electrons. The first-order valence-corrected chi connectivity index (χ1v) is 10.6. The number of unbranched alkanes of at least 4 members (excludes halogenated alkanes) is 1. The topological polar surface area (TPSA) is 26.3 Å². The van der Waals surface area contributed by atoms with Crippen LogP contribution >= 0.6 is 0 Å². The minimum Gasteiger partial charge on any atom is -0.459 e. The molecule has 0 fully saturated rings. The number of carbonyl (C=O) groups excluding carboxylic acids is 1. The van der Waals surface area contributed by atoms with Crippen LogP contribution in [0.1, 0.15) is 36.5 Å². The monoisotopic (exact) mass is 288 g/mol. The van der Waals surface area contributed by atoms with Gasteiger partial charge in [-0.05, 0) is 31.9 Å². The summed E-state index contributed by atoms with van der Waals surface area (Å²) in [5, 5.41) is 0. The zero-order valence-electron chi connectivity index (χ0n) is 12.9. The van der Waals surface area contributed by atoms with Gasteiger partial charge in [0.25, 0.3) is 0 Å². The Kier molecular flexibility index (Phi) is 6.54. The molecule has 0 heterocycles. The second kappa shape index (κ2) is 7.91. The predicted molar refractivity (Wildman–Crippen MR) is 86.3 cm³/mol. The van der Waals surface area contributed by atoms with E-state index in [2.05, 4.69) is 31.1 Å². The summed E-state index contributed by atoms with van der Waals surface area (Å²) in [5.41, 5.74) is 3.95. The van der Waals surface area contributed by atoms with Gasteiger partial charge in [0.1, 0.15) is 8.07 Å². The molecular weight excluding hydrogens is 264 g/mol. The normalized spacial score (nSPS) is 12.2. The summed E-state index contributed by atoms with van der Waals surface area (Å²) in [6.07, 6.45) is 2.66. The van der Waals surface area contributed by atoms with Crippen LogP contribution in [-0.4, -0.2) is 20.1 Å². The van der Waals surface area contributed by atoms with Crippen LogP contribution < -0.4 is 0 Å². The molecule has 1 aromatic rings. The summed E-state index contributed by atoms with van der Waals surface area (Å²) in [6.45, 7) is 8.66. The third kappa shape index (κ3) is 7.15. The molecule has 0 spiro atoms. The van der Waals surface area contributed by atoms with E-state index >= 15 is 0 Å². The van der Waals surface area contributed by atoms with Gasteiger partial charge >= 0.3 is 5.97 Å². The Morgan fingerprint density at radius 2 is 1.90 bits per heavy atom. The predicted octanol–water partition coefficient (Wildman–Crippen LogP) is 4.28. The van der Waals surface area contributed by atoms with Crippen molar-refractivity contribution >= 4 is 14.0 Å². The molecule has 0 unspecified atom stereocenters. The average molecular weight is 288 g/mol. The fraction of sp³-hybridized carbons (Fsp3) is 0.471. The van der Waals surface area contributed by atoms with Crippen LogP contribution in [-0.2, 0) is 4.74 Å². The molecular formula is C17H24O2Si. The summed E-state index contributed by atoms with van der Waals surface area (Å²) in [6, 6.07) is 9.11. The molecule has 108 valence electrons. The average Bonchev–Trinajstić information content (AvgIpc) is 2.38. The van der Waals surface area contributed by atoms with Crippen LogP contribution in [0.2, 0.25) is 19.6 Å². The van der Waals surface area contributed by atoms with E-state index in [9.17, 15) is 4.79 Å². The van der Waals surface area contributed by atoms with E-state index in [0.29, 0.717) is 5.56 Å². The van der Waals surface area contributed by atoms with Gasteiger partial charge < -0.3 is 4.74 Å². The van der Waals surface area contributed by atoms with Crippen molar-refractivity contribution in [3.8, 4) is 11.5 Å². The Hall–Kier alpha value is -1.53. The third-order valence-corrected chi connectivity index (χ3v) is 3.62. The van der Waals surface area contributed by atoms with E-state index < -0.39 is 8.07 Å². The molecule has 0 amide bonds. The number of hydrogen-bond donors (Lipinski definition) is 0. The Bertz CT molecular complexity index is 477. The lowest BCUT2D eigenvalue weighted by atomic mass is 10.2. The number of hydrogen-bond acceptors (Lipinski definition) is 2. The highest BCUT2D eigenvalue weighted by Gasteiger charge is 2.11. The highest BCUT2D eigenvalue weighted by Crippen LogP contribution is 2.09. The van der Waals surface area contributed by atoms with Crippen LogP contribution in [0.15, 0.2) is 30.3 Å². The lowest BCUT2D eigenvalue weighted by molar-refractivity contribution is 0.0321. The van der Waals surface area contributed by atoms with Crippen LogP contribution in [0.3, 0.4) is 0 Å². The number of rotatable bonds is 5. The van der Waals surface area contributed by atoms with Gasteiger partial charge in [0.2, 0.25) is 0 Å². The molecule has 1 aromatic carbocycles. The van der Waals surface area contributed by atoms with Gasteiger partial charge in [-0.3, -0.25) is 0 Å². The Morgan fingerprint density at radius 3 is 2.50 bits per heavy atom. The van der Waals surface area contributed by atoms with Crippen LogP contribution in [0, 0.1) is 11.5 Å². The Morgan fingerprint density at radius 1 is 1.25 bits per heavy atom. The lowest BCUT2D eigenvalue weighted by Gasteiger charge is -2.12. The molecule has 0 saturated heterocycles. The van der Waals surface area contributed by atoms with E-state index in [0.717, 1.165) is 19.3 Å². The van der Waals surface area contributed by atoms with Gasteiger partial charge in [-0.25, -0.2) is 4.79 Å². The molecule has 0 N–H and O–H groups in total. The summed E-state index contributed by atoms with van der Waals surface area (Å²) in [4.78, 5) is 11.8. The smallest absolute Gasteiger partial charge is 0.338 e. The molecule has 20 heavy (non-hydrogen) atoms. The van der Waals surface area contributed by atoms with Crippen molar-refractivity contribution in [3.63, 3.8) is 0 Å². The molecule has 1 atom stereocenters. The molecule has 1 rings (SSSR count). The maximum absolute atomic E-state index is 11.8. The first-order valence-electron chi connectivity index (χ1n) is 7.14. The van der Waals surface area contributed by atoms with Crippen LogP contribution in [0.5, 0.6) is 0 Å². The van der Waals surface area contributed by atoms with Gasteiger partial charge in [0, 0.05) is 6.42 Å². The van der Waals surface area contributed by atoms with Crippen LogP contribution in [0.25, 0.3) is 0 Å². The van der Waals surface area contributed by atoms with Crippen molar-refractivity contribution in [2.75, 3.05) is 0 Å². The molecule has 0 aliphatic heterocycles.